The Bertz CT molecular complexity index is 769. The summed E-state index contributed by atoms with van der Waals surface area (Å²) < 4.78 is 47.0. The number of likely N-dealkylation sites (tertiary alicyclic amines) is 1. The molecule has 2 amide bonds. The lowest BCUT2D eigenvalue weighted by molar-refractivity contribution is -0.275. The highest BCUT2D eigenvalue weighted by Crippen LogP contribution is 2.42. The fraction of sp³-hybridized carbons (Fsp3) is 0.579. The van der Waals surface area contributed by atoms with Gasteiger partial charge in [0.15, 0.2) is 0 Å². The van der Waals surface area contributed by atoms with E-state index in [1.807, 2.05) is 0 Å². The number of piperidine rings is 1. The van der Waals surface area contributed by atoms with E-state index in [4.69, 9.17) is 4.74 Å². The molecule has 0 aromatic heterocycles. The van der Waals surface area contributed by atoms with Gasteiger partial charge in [-0.3, -0.25) is 4.79 Å². The highest BCUT2D eigenvalue weighted by molar-refractivity contribution is 5.81. The third-order valence-corrected chi connectivity index (χ3v) is 5.86. The Morgan fingerprint density at radius 1 is 1.21 bits per heavy atom. The lowest BCUT2D eigenvalue weighted by atomic mass is 9.68. The quantitative estimate of drug-likeness (QED) is 0.849. The predicted octanol–water partition coefficient (Wildman–Crippen LogP) is 3.18. The summed E-state index contributed by atoms with van der Waals surface area (Å²) in [5.41, 5.74) is 0.129. The van der Waals surface area contributed by atoms with E-state index in [1.54, 1.807) is 17.0 Å². The van der Waals surface area contributed by atoms with Gasteiger partial charge in [0.1, 0.15) is 12.4 Å². The van der Waals surface area contributed by atoms with Crippen LogP contribution in [-0.2, 0) is 9.53 Å². The zero-order valence-corrected chi connectivity index (χ0v) is 15.1. The zero-order valence-electron chi connectivity index (χ0n) is 15.1. The van der Waals surface area contributed by atoms with Crippen LogP contribution < -0.4 is 10.1 Å². The number of benzene rings is 1. The predicted molar refractivity (Wildman–Crippen MR) is 91.6 cm³/mol. The average Bonchev–Trinajstić information content (AvgIpc) is 3.01. The molecule has 3 aliphatic rings. The fourth-order valence-electron chi connectivity index (χ4n) is 4.47. The zero-order chi connectivity index (χ0) is 19.9. The van der Waals surface area contributed by atoms with E-state index in [2.05, 4.69) is 10.1 Å². The molecule has 2 aliphatic heterocycles. The molecule has 1 aliphatic carbocycles. The first-order valence-corrected chi connectivity index (χ1v) is 9.33. The molecule has 1 aromatic carbocycles. The van der Waals surface area contributed by atoms with Gasteiger partial charge in [-0.1, -0.05) is 18.2 Å². The van der Waals surface area contributed by atoms with E-state index >= 15 is 0 Å². The number of para-hydroxylation sites is 1. The Balaban J connectivity index is 1.33. The molecule has 1 spiro atoms. The second-order valence-corrected chi connectivity index (χ2v) is 7.77. The number of carbonyl (C=O) groups excluding carboxylic acids is 2. The highest BCUT2D eigenvalue weighted by atomic mass is 19.4. The molecule has 2 heterocycles. The first-order chi connectivity index (χ1) is 13.2. The second-order valence-electron chi connectivity index (χ2n) is 7.77. The van der Waals surface area contributed by atoms with Crippen LogP contribution in [0.5, 0.6) is 5.75 Å². The molecular weight excluding hydrogens is 377 g/mol. The van der Waals surface area contributed by atoms with Crippen LogP contribution >= 0.6 is 0 Å². The number of ether oxygens (including phenoxy) is 2. The maximum absolute atomic E-state index is 12.7. The van der Waals surface area contributed by atoms with Crippen molar-refractivity contribution in [1.82, 2.24) is 10.2 Å². The maximum atomic E-state index is 12.7. The molecule has 28 heavy (non-hydrogen) atoms. The van der Waals surface area contributed by atoms with Crippen LogP contribution in [0.2, 0.25) is 0 Å². The number of nitrogens with zero attached hydrogens (tertiary/aromatic N) is 1. The maximum Gasteiger partial charge on any atom is 0.573 e. The summed E-state index contributed by atoms with van der Waals surface area (Å²) in [6.45, 7) is 1.29. The largest absolute Gasteiger partial charge is 0.573 e. The van der Waals surface area contributed by atoms with E-state index < -0.39 is 18.0 Å². The summed E-state index contributed by atoms with van der Waals surface area (Å²) in [5, 5.41) is 2.77. The van der Waals surface area contributed by atoms with Crippen LogP contribution in [-0.4, -0.2) is 48.5 Å². The minimum atomic E-state index is -4.73. The topological polar surface area (TPSA) is 67.9 Å². The van der Waals surface area contributed by atoms with E-state index in [-0.39, 0.29) is 23.5 Å². The van der Waals surface area contributed by atoms with Crippen molar-refractivity contribution in [3.63, 3.8) is 0 Å². The van der Waals surface area contributed by atoms with Crippen molar-refractivity contribution in [2.75, 3.05) is 19.7 Å². The number of alkyl halides is 3. The molecular formula is C19H21F3N2O4. The lowest BCUT2D eigenvalue weighted by Gasteiger charge is -2.45. The van der Waals surface area contributed by atoms with Crippen molar-refractivity contribution in [3.8, 4) is 5.75 Å². The summed E-state index contributed by atoms with van der Waals surface area (Å²) in [6, 6.07) is 6.19. The number of alkyl carbamates (subject to hydrolysis) is 1. The van der Waals surface area contributed by atoms with E-state index in [1.165, 1.54) is 12.1 Å². The third-order valence-electron chi connectivity index (χ3n) is 5.86. The molecule has 6 nitrogen and oxygen atoms in total. The SMILES string of the molecule is O=C1N[C@]2(CO1)C[C@H](C(=O)N1CCC(c3ccccc3OC(F)(F)F)CC1)C2. The van der Waals surface area contributed by atoms with Gasteiger partial charge < -0.3 is 19.7 Å². The Morgan fingerprint density at radius 2 is 1.89 bits per heavy atom. The standard InChI is InChI=1S/C19H21F3N2O4/c20-19(21,22)28-15-4-2-1-3-14(15)12-5-7-24(8-6-12)16(25)13-9-18(10-13)11-27-17(26)23-18/h1-4,12-13H,5-11H2,(H,23,26)/t13-,18+. The first kappa shape index (κ1) is 18.9. The smallest absolute Gasteiger partial charge is 0.447 e. The van der Waals surface area contributed by atoms with E-state index in [0.717, 1.165) is 0 Å². The van der Waals surface area contributed by atoms with Crippen molar-refractivity contribution >= 4 is 12.0 Å². The molecule has 0 unspecified atom stereocenters. The molecule has 2 saturated heterocycles. The van der Waals surface area contributed by atoms with Crippen LogP contribution in [0.3, 0.4) is 0 Å². The third kappa shape index (κ3) is 3.74. The summed E-state index contributed by atoms with van der Waals surface area (Å²) in [4.78, 5) is 25.7. The van der Waals surface area contributed by atoms with Gasteiger partial charge >= 0.3 is 12.5 Å². The monoisotopic (exact) mass is 398 g/mol. The van der Waals surface area contributed by atoms with Crippen LogP contribution in [0.1, 0.15) is 37.2 Å². The molecule has 1 N–H and O–H groups in total. The molecule has 0 atom stereocenters. The van der Waals surface area contributed by atoms with Crippen LogP contribution in [0.15, 0.2) is 24.3 Å². The Morgan fingerprint density at radius 3 is 2.50 bits per heavy atom. The number of hydrogen-bond acceptors (Lipinski definition) is 4. The van der Waals surface area contributed by atoms with E-state index in [9.17, 15) is 22.8 Å². The fourth-order valence-corrected chi connectivity index (χ4v) is 4.47. The Hall–Kier alpha value is -2.45. The van der Waals surface area contributed by atoms with Gasteiger partial charge in [-0.2, -0.15) is 0 Å². The average molecular weight is 398 g/mol. The highest BCUT2D eigenvalue weighted by Gasteiger charge is 2.53. The molecule has 3 fully saturated rings. The Labute approximate surface area is 160 Å². The van der Waals surface area contributed by atoms with Crippen LogP contribution in [0.4, 0.5) is 18.0 Å². The molecule has 0 radical (unpaired) electrons. The van der Waals surface area contributed by atoms with Gasteiger partial charge in [0, 0.05) is 19.0 Å². The first-order valence-electron chi connectivity index (χ1n) is 9.33. The van der Waals surface area contributed by atoms with Crippen LogP contribution in [0, 0.1) is 5.92 Å². The van der Waals surface area contributed by atoms with Gasteiger partial charge in [-0.05, 0) is 43.2 Å². The summed E-state index contributed by atoms with van der Waals surface area (Å²) in [7, 11) is 0. The number of rotatable bonds is 3. The number of cyclic esters (lactones) is 1. The minimum Gasteiger partial charge on any atom is -0.447 e. The van der Waals surface area contributed by atoms with Gasteiger partial charge in [0.2, 0.25) is 5.91 Å². The minimum absolute atomic E-state index is 0.0463. The lowest BCUT2D eigenvalue weighted by Crippen LogP contribution is -2.58. The number of nitrogens with one attached hydrogen (secondary N) is 1. The number of carbonyl (C=O) groups is 2. The molecule has 1 aromatic rings. The molecule has 0 bridgehead atoms. The van der Waals surface area contributed by atoms with Crippen molar-refractivity contribution in [2.45, 2.75) is 43.5 Å². The summed E-state index contributed by atoms with van der Waals surface area (Å²) >= 11 is 0. The number of halogens is 3. The van der Waals surface area contributed by atoms with Gasteiger partial charge in [-0.25, -0.2) is 4.79 Å². The van der Waals surface area contributed by atoms with Crippen molar-refractivity contribution in [2.24, 2.45) is 5.92 Å². The van der Waals surface area contributed by atoms with Gasteiger partial charge in [0.25, 0.3) is 0 Å². The van der Waals surface area contributed by atoms with Gasteiger partial charge in [-0.15, -0.1) is 13.2 Å². The van der Waals surface area contributed by atoms with Gasteiger partial charge in [0.05, 0.1) is 5.54 Å². The summed E-state index contributed by atoms with van der Waals surface area (Å²) in [6.07, 6.45) is -2.86. The Kier molecular flexibility index (Phi) is 4.63. The number of hydrogen-bond donors (Lipinski definition) is 1. The van der Waals surface area contributed by atoms with Crippen molar-refractivity contribution < 1.29 is 32.2 Å². The molecule has 4 rings (SSSR count). The van der Waals surface area contributed by atoms with Crippen molar-refractivity contribution in [3.05, 3.63) is 29.8 Å². The molecule has 9 heteroatoms. The molecule has 1 saturated carbocycles. The van der Waals surface area contributed by atoms with Crippen molar-refractivity contribution in [1.29, 1.82) is 0 Å². The van der Waals surface area contributed by atoms with E-state index in [0.29, 0.717) is 50.9 Å². The normalized spacial score (nSPS) is 27.9. The summed E-state index contributed by atoms with van der Waals surface area (Å²) in [5.74, 6) is -0.347. The molecule has 152 valence electrons. The second kappa shape index (κ2) is 6.86. The number of amides is 2. The van der Waals surface area contributed by atoms with Crippen LogP contribution in [0.25, 0.3) is 0 Å².